The second kappa shape index (κ2) is 6.62. The highest BCUT2D eigenvalue weighted by molar-refractivity contribution is 4.92. The SMILES string of the molecule is CC(C)[C](CCN)CCCN. The molecule has 0 spiro atoms. The molecule has 67 valence electrons. The van der Waals surface area contributed by atoms with Crippen molar-refractivity contribution < 1.29 is 0 Å². The summed E-state index contributed by atoms with van der Waals surface area (Å²) in [4.78, 5) is 0. The average Bonchev–Trinajstić information content (AvgIpc) is 1.97. The normalized spacial score (nSPS) is 11.5. The van der Waals surface area contributed by atoms with Crippen molar-refractivity contribution in [2.45, 2.75) is 33.1 Å². The lowest BCUT2D eigenvalue weighted by atomic mass is 9.88. The van der Waals surface area contributed by atoms with Gasteiger partial charge in [-0.25, -0.2) is 0 Å². The highest BCUT2D eigenvalue weighted by atomic mass is 14.5. The fourth-order valence-corrected chi connectivity index (χ4v) is 1.22. The molecule has 0 aliphatic heterocycles. The van der Waals surface area contributed by atoms with E-state index < -0.39 is 0 Å². The largest absolute Gasteiger partial charge is 0.330 e. The fourth-order valence-electron chi connectivity index (χ4n) is 1.22. The molecule has 0 aromatic heterocycles. The Morgan fingerprint density at radius 3 is 2.09 bits per heavy atom. The zero-order valence-corrected chi connectivity index (χ0v) is 7.77. The number of hydrogen-bond donors (Lipinski definition) is 2. The van der Waals surface area contributed by atoms with Crippen LogP contribution in [-0.2, 0) is 0 Å². The first-order valence-corrected chi connectivity index (χ1v) is 4.47. The van der Waals surface area contributed by atoms with Gasteiger partial charge in [-0.2, -0.15) is 0 Å². The van der Waals surface area contributed by atoms with Crippen molar-refractivity contribution in [3.8, 4) is 0 Å². The summed E-state index contributed by atoms with van der Waals surface area (Å²) in [5.41, 5.74) is 10.9. The number of hydrogen-bond acceptors (Lipinski definition) is 2. The monoisotopic (exact) mass is 157 g/mol. The first-order chi connectivity index (χ1) is 5.22. The van der Waals surface area contributed by atoms with Crippen LogP contribution in [0.5, 0.6) is 0 Å². The van der Waals surface area contributed by atoms with Crippen LogP contribution in [0.1, 0.15) is 33.1 Å². The van der Waals surface area contributed by atoms with E-state index in [9.17, 15) is 0 Å². The molecule has 0 aliphatic rings. The van der Waals surface area contributed by atoms with Crippen molar-refractivity contribution in [2.24, 2.45) is 17.4 Å². The molecule has 0 aromatic carbocycles. The van der Waals surface area contributed by atoms with Crippen LogP contribution in [-0.4, -0.2) is 13.1 Å². The second-order valence-electron chi connectivity index (χ2n) is 3.24. The molecule has 0 heterocycles. The molecule has 0 unspecified atom stereocenters. The standard InChI is InChI=1S/C9H21N2/c1-8(2)9(5-7-11)4-3-6-10/h8H,3-7,10-11H2,1-2H3. The van der Waals surface area contributed by atoms with E-state index in [0.717, 1.165) is 32.4 Å². The highest BCUT2D eigenvalue weighted by Crippen LogP contribution is 2.22. The second-order valence-corrected chi connectivity index (χ2v) is 3.24. The van der Waals surface area contributed by atoms with Gasteiger partial charge in [-0.1, -0.05) is 13.8 Å². The molecule has 0 saturated heterocycles. The van der Waals surface area contributed by atoms with E-state index in [-0.39, 0.29) is 0 Å². The van der Waals surface area contributed by atoms with Crippen LogP contribution < -0.4 is 11.5 Å². The molecule has 0 saturated carbocycles. The predicted octanol–water partition coefficient (Wildman–Crippen LogP) is 1.30. The smallest absolute Gasteiger partial charge is 0.00717 e. The fraction of sp³-hybridized carbons (Fsp3) is 0.889. The van der Waals surface area contributed by atoms with E-state index >= 15 is 0 Å². The lowest BCUT2D eigenvalue weighted by Gasteiger charge is -2.18. The van der Waals surface area contributed by atoms with Gasteiger partial charge in [0.2, 0.25) is 0 Å². The van der Waals surface area contributed by atoms with Gasteiger partial charge in [0, 0.05) is 0 Å². The molecule has 0 rings (SSSR count). The maximum Gasteiger partial charge on any atom is -0.00717 e. The minimum absolute atomic E-state index is 0.671. The van der Waals surface area contributed by atoms with E-state index in [1.165, 1.54) is 0 Å². The van der Waals surface area contributed by atoms with E-state index in [1.54, 1.807) is 5.92 Å². The molecular weight excluding hydrogens is 136 g/mol. The molecule has 0 bridgehead atoms. The third kappa shape index (κ3) is 5.22. The van der Waals surface area contributed by atoms with Crippen molar-refractivity contribution in [1.29, 1.82) is 0 Å². The Labute approximate surface area is 70.3 Å². The predicted molar refractivity (Wildman–Crippen MR) is 50.0 cm³/mol. The molecule has 0 atom stereocenters. The Bertz CT molecular complexity index is 81.6. The Hall–Kier alpha value is -0.0800. The van der Waals surface area contributed by atoms with Crippen molar-refractivity contribution in [2.75, 3.05) is 13.1 Å². The molecule has 0 aromatic rings. The molecule has 0 fully saturated rings. The van der Waals surface area contributed by atoms with Gasteiger partial charge in [-0.3, -0.25) is 0 Å². The van der Waals surface area contributed by atoms with Crippen molar-refractivity contribution in [3.63, 3.8) is 0 Å². The van der Waals surface area contributed by atoms with Crippen LogP contribution in [0.25, 0.3) is 0 Å². The van der Waals surface area contributed by atoms with Crippen LogP contribution >= 0.6 is 0 Å². The van der Waals surface area contributed by atoms with Crippen molar-refractivity contribution in [1.82, 2.24) is 0 Å². The molecule has 1 radical (unpaired) electrons. The molecule has 11 heavy (non-hydrogen) atoms. The van der Waals surface area contributed by atoms with Crippen LogP contribution in [0, 0.1) is 11.8 Å². The van der Waals surface area contributed by atoms with Gasteiger partial charge < -0.3 is 11.5 Å². The van der Waals surface area contributed by atoms with E-state index in [0.29, 0.717) is 5.92 Å². The third-order valence-corrected chi connectivity index (χ3v) is 1.98. The van der Waals surface area contributed by atoms with Crippen LogP contribution in [0.2, 0.25) is 0 Å². The van der Waals surface area contributed by atoms with E-state index in [4.69, 9.17) is 11.5 Å². The lowest BCUT2D eigenvalue weighted by Crippen LogP contribution is -2.13. The van der Waals surface area contributed by atoms with Crippen molar-refractivity contribution in [3.05, 3.63) is 5.92 Å². The summed E-state index contributed by atoms with van der Waals surface area (Å²) in [5.74, 6) is 2.24. The summed E-state index contributed by atoms with van der Waals surface area (Å²) in [7, 11) is 0. The minimum Gasteiger partial charge on any atom is -0.330 e. The summed E-state index contributed by atoms with van der Waals surface area (Å²) >= 11 is 0. The van der Waals surface area contributed by atoms with Gasteiger partial charge in [0.1, 0.15) is 0 Å². The Kier molecular flexibility index (Phi) is 6.57. The number of rotatable bonds is 6. The zero-order valence-electron chi connectivity index (χ0n) is 7.77. The summed E-state index contributed by atoms with van der Waals surface area (Å²) in [6, 6.07) is 0. The molecule has 4 N–H and O–H groups in total. The summed E-state index contributed by atoms with van der Waals surface area (Å²) in [6.45, 7) is 6.02. The maximum atomic E-state index is 5.49. The topological polar surface area (TPSA) is 52.0 Å². The van der Waals surface area contributed by atoms with Gasteiger partial charge in [0.15, 0.2) is 0 Å². The van der Waals surface area contributed by atoms with Gasteiger partial charge in [-0.15, -0.1) is 0 Å². The number of nitrogens with two attached hydrogens (primary N) is 2. The quantitative estimate of drug-likeness (QED) is 0.610. The minimum atomic E-state index is 0.671. The Balaban J connectivity index is 3.51. The summed E-state index contributed by atoms with van der Waals surface area (Å²) < 4.78 is 0. The summed E-state index contributed by atoms with van der Waals surface area (Å²) in [6.07, 6.45) is 3.33. The van der Waals surface area contributed by atoms with Crippen LogP contribution in [0.3, 0.4) is 0 Å². The zero-order chi connectivity index (χ0) is 8.69. The van der Waals surface area contributed by atoms with Gasteiger partial charge >= 0.3 is 0 Å². The lowest BCUT2D eigenvalue weighted by molar-refractivity contribution is 0.541. The average molecular weight is 157 g/mol. The molecule has 2 nitrogen and oxygen atoms in total. The maximum absolute atomic E-state index is 5.49. The van der Waals surface area contributed by atoms with E-state index in [2.05, 4.69) is 13.8 Å². The summed E-state index contributed by atoms with van der Waals surface area (Å²) in [5, 5.41) is 0. The first kappa shape index (κ1) is 10.9. The highest BCUT2D eigenvalue weighted by Gasteiger charge is 2.11. The van der Waals surface area contributed by atoms with Crippen LogP contribution in [0.15, 0.2) is 0 Å². The molecule has 2 heteroatoms. The van der Waals surface area contributed by atoms with Gasteiger partial charge in [0.25, 0.3) is 0 Å². The third-order valence-electron chi connectivity index (χ3n) is 1.98. The Morgan fingerprint density at radius 2 is 1.73 bits per heavy atom. The van der Waals surface area contributed by atoms with Crippen molar-refractivity contribution >= 4 is 0 Å². The van der Waals surface area contributed by atoms with E-state index in [1.807, 2.05) is 0 Å². The first-order valence-electron chi connectivity index (χ1n) is 4.47. The van der Waals surface area contributed by atoms with Gasteiger partial charge in [-0.05, 0) is 44.2 Å². The van der Waals surface area contributed by atoms with Gasteiger partial charge in [0.05, 0.1) is 0 Å². The molecular formula is C9H21N2. The van der Waals surface area contributed by atoms with Crippen LogP contribution in [0.4, 0.5) is 0 Å². The molecule has 0 aliphatic carbocycles. The Morgan fingerprint density at radius 1 is 1.09 bits per heavy atom. The molecule has 0 amide bonds.